The number of amides is 1. The van der Waals surface area contributed by atoms with Crippen LogP contribution in [0.3, 0.4) is 0 Å². The van der Waals surface area contributed by atoms with Gasteiger partial charge in [0.2, 0.25) is 0 Å². The van der Waals surface area contributed by atoms with E-state index < -0.39 is 0 Å². The van der Waals surface area contributed by atoms with Crippen molar-refractivity contribution >= 4 is 5.91 Å². The van der Waals surface area contributed by atoms with Gasteiger partial charge in [-0.2, -0.15) is 0 Å². The summed E-state index contributed by atoms with van der Waals surface area (Å²) in [6.07, 6.45) is 1.59. The molecule has 0 spiro atoms. The molecule has 0 fully saturated rings. The van der Waals surface area contributed by atoms with Gasteiger partial charge in [-0.05, 0) is 24.0 Å². The van der Waals surface area contributed by atoms with Crippen molar-refractivity contribution in [2.75, 3.05) is 13.1 Å². The number of hydrogen-bond acceptors (Lipinski definition) is 3. The Morgan fingerprint density at radius 3 is 2.68 bits per heavy atom. The Morgan fingerprint density at radius 1 is 1.42 bits per heavy atom. The first-order valence-corrected chi connectivity index (χ1v) is 6.47. The summed E-state index contributed by atoms with van der Waals surface area (Å²) in [4.78, 5) is 16.0. The van der Waals surface area contributed by atoms with Crippen LogP contribution in [-0.2, 0) is 0 Å². The van der Waals surface area contributed by atoms with Gasteiger partial charge in [0.05, 0.1) is 6.54 Å². The lowest BCUT2D eigenvalue weighted by Crippen LogP contribution is -2.30. The highest BCUT2D eigenvalue weighted by atomic mass is 16.1. The molecule has 0 aliphatic carbocycles. The largest absolute Gasteiger partial charge is 0.350 e. The number of nitrogens with one attached hydrogen (secondary N) is 1. The molecule has 0 bridgehead atoms. The molecule has 102 valence electrons. The molecule has 1 rings (SSSR count). The fourth-order valence-electron chi connectivity index (χ4n) is 1.34. The van der Waals surface area contributed by atoms with E-state index in [2.05, 4.69) is 42.9 Å². The Morgan fingerprint density at radius 2 is 2.16 bits per heavy atom. The molecule has 4 nitrogen and oxygen atoms in total. The lowest BCUT2D eigenvalue weighted by Gasteiger charge is -2.15. The maximum Gasteiger partial charge on any atom is 0.269 e. The number of rotatable bonds is 4. The monoisotopic (exact) mass is 259 g/mol. The van der Waals surface area contributed by atoms with Crippen molar-refractivity contribution in [2.45, 2.75) is 20.8 Å². The molecule has 1 aromatic heterocycles. The Bertz CT molecular complexity index is 468. The van der Waals surface area contributed by atoms with Crippen molar-refractivity contribution < 1.29 is 4.79 Å². The second-order valence-electron chi connectivity index (χ2n) is 4.87. The maximum atomic E-state index is 11.9. The standard InChI is InChI=1S/C15H21N3O/c1-11(2)12(3)9-18-15(19)14-7-6-13(10-17-14)5-4-8-16/h6-7,10-12H,8-9,16H2,1-3H3,(H,18,19). The highest BCUT2D eigenvalue weighted by molar-refractivity contribution is 5.92. The van der Waals surface area contributed by atoms with Crippen LogP contribution in [0.5, 0.6) is 0 Å². The van der Waals surface area contributed by atoms with Crippen molar-refractivity contribution in [1.29, 1.82) is 0 Å². The van der Waals surface area contributed by atoms with Crippen molar-refractivity contribution in [2.24, 2.45) is 17.6 Å². The number of nitrogens with two attached hydrogens (primary N) is 1. The third-order valence-electron chi connectivity index (χ3n) is 3.05. The summed E-state index contributed by atoms with van der Waals surface area (Å²) in [7, 11) is 0. The minimum Gasteiger partial charge on any atom is -0.350 e. The fourth-order valence-corrected chi connectivity index (χ4v) is 1.34. The lowest BCUT2D eigenvalue weighted by molar-refractivity contribution is 0.0940. The molecule has 0 aromatic carbocycles. The first-order chi connectivity index (χ1) is 9.04. The SMILES string of the molecule is CC(C)C(C)CNC(=O)c1ccc(C#CCN)cn1. The van der Waals surface area contributed by atoms with Gasteiger partial charge in [-0.25, -0.2) is 4.98 Å². The van der Waals surface area contributed by atoms with E-state index in [1.165, 1.54) is 0 Å². The zero-order valence-electron chi connectivity index (χ0n) is 11.7. The van der Waals surface area contributed by atoms with Gasteiger partial charge in [0.15, 0.2) is 0 Å². The number of carbonyl (C=O) groups is 1. The summed E-state index contributed by atoms with van der Waals surface area (Å²) in [5.41, 5.74) is 6.46. The quantitative estimate of drug-likeness (QED) is 0.803. The second kappa shape index (κ2) is 7.55. The topological polar surface area (TPSA) is 68.0 Å². The van der Waals surface area contributed by atoms with Crippen LogP contribution in [0, 0.1) is 23.7 Å². The molecule has 1 unspecified atom stereocenters. The van der Waals surface area contributed by atoms with Gasteiger partial charge < -0.3 is 11.1 Å². The molecule has 1 amide bonds. The predicted molar refractivity (Wildman–Crippen MR) is 76.5 cm³/mol. The predicted octanol–water partition coefficient (Wildman–Crippen LogP) is 1.41. The smallest absolute Gasteiger partial charge is 0.269 e. The zero-order chi connectivity index (χ0) is 14.3. The molecule has 0 aliphatic rings. The molecule has 0 aliphatic heterocycles. The molecular formula is C15H21N3O. The van der Waals surface area contributed by atoms with Crippen molar-refractivity contribution in [3.05, 3.63) is 29.6 Å². The third kappa shape index (κ3) is 5.11. The summed E-state index contributed by atoms with van der Waals surface area (Å²) < 4.78 is 0. The average Bonchev–Trinajstić information content (AvgIpc) is 2.42. The summed E-state index contributed by atoms with van der Waals surface area (Å²) >= 11 is 0. The van der Waals surface area contributed by atoms with Gasteiger partial charge in [-0.3, -0.25) is 4.79 Å². The Kier molecular flexibility index (Phi) is 6.04. The second-order valence-corrected chi connectivity index (χ2v) is 4.87. The van der Waals surface area contributed by atoms with Gasteiger partial charge in [-0.15, -0.1) is 0 Å². The molecule has 0 radical (unpaired) electrons. The summed E-state index contributed by atoms with van der Waals surface area (Å²) in [5.74, 6) is 6.45. The first kappa shape index (κ1) is 15.2. The van der Waals surface area contributed by atoms with Crippen LogP contribution in [0.4, 0.5) is 0 Å². The summed E-state index contributed by atoms with van der Waals surface area (Å²) in [5, 5.41) is 2.89. The van der Waals surface area contributed by atoms with E-state index in [1.807, 2.05) is 0 Å². The zero-order valence-corrected chi connectivity index (χ0v) is 11.7. The normalized spacial score (nSPS) is 11.6. The van der Waals surface area contributed by atoms with E-state index in [0.29, 0.717) is 30.6 Å². The first-order valence-electron chi connectivity index (χ1n) is 6.47. The van der Waals surface area contributed by atoms with Crippen molar-refractivity contribution in [3.63, 3.8) is 0 Å². The van der Waals surface area contributed by atoms with E-state index in [1.54, 1.807) is 18.3 Å². The number of pyridine rings is 1. The molecular weight excluding hydrogens is 238 g/mol. The van der Waals surface area contributed by atoms with Crippen molar-refractivity contribution in [3.8, 4) is 11.8 Å². The number of carbonyl (C=O) groups excluding carboxylic acids is 1. The Labute approximate surface area is 114 Å². The van der Waals surface area contributed by atoms with E-state index in [-0.39, 0.29) is 5.91 Å². The molecule has 19 heavy (non-hydrogen) atoms. The van der Waals surface area contributed by atoms with Crippen LogP contribution in [0.15, 0.2) is 18.3 Å². The molecule has 0 saturated heterocycles. The van der Waals surface area contributed by atoms with Crippen molar-refractivity contribution in [1.82, 2.24) is 10.3 Å². The molecule has 1 atom stereocenters. The third-order valence-corrected chi connectivity index (χ3v) is 3.05. The fraction of sp³-hybridized carbons (Fsp3) is 0.467. The number of aromatic nitrogens is 1. The van der Waals surface area contributed by atoms with Gasteiger partial charge in [0.25, 0.3) is 5.91 Å². The van der Waals surface area contributed by atoms with Crippen LogP contribution in [-0.4, -0.2) is 24.0 Å². The molecule has 1 aromatic rings. The molecule has 1 heterocycles. The van der Waals surface area contributed by atoms with E-state index in [0.717, 1.165) is 5.56 Å². The number of hydrogen-bond donors (Lipinski definition) is 2. The maximum absolute atomic E-state index is 11.9. The number of nitrogens with zero attached hydrogens (tertiary/aromatic N) is 1. The van der Waals surface area contributed by atoms with Gasteiger partial charge in [-0.1, -0.05) is 32.6 Å². The van der Waals surface area contributed by atoms with Gasteiger partial charge in [0, 0.05) is 18.3 Å². The van der Waals surface area contributed by atoms with Crippen LogP contribution in [0.1, 0.15) is 36.8 Å². The molecule has 4 heteroatoms. The minimum absolute atomic E-state index is 0.147. The average molecular weight is 259 g/mol. The van der Waals surface area contributed by atoms with Gasteiger partial charge >= 0.3 is 0 Å². The van der Waals surface area contributed by atoms with Crippen LogP contribution in [0.2, 0.25) is 0 Å². The summed E-state index contributed by atoms with van der Waals surface area (Å²) in [6.45, 7) is 7.37. The Hall–Kier alpha value is -1.86. The summed E-state index contributed by atoms with van der Waals surface area (Å²) in [6, 6.07) is 3.45. The van der Waals surface area contributed by atoms with Crippen LogP contribution in [0.25, 0.3) is 0 Å². The van der Waals surface area contributed by atoms with E-state index in [4.69, 9.17) is 5.73 Å². The molecule has 0 saturated carbocycles. The highest BCUT2D eigenvalue weighted by Crippen LogP contribution is 2.08. The van der Waals surface area contributed by atoms with Crippen LogP contribution < -0.4 is 11.1 Å². The minimum atomic E-state index is -0.147. The highest BCUT2D eigenvalue weighted by Gasteiger charge is 2.11. The van der Waals surface area contributed by atoms with Crippen LogP contribution >= 0.6 is 0 Å². The van der Waals surface area contributed by atoms with E-state index >= 15 is 0 Å². The Balaban J connectivity index is 2.58. The lowest BCUT2D eigenvalue weighted by atomic mass is 9.98. The molecule has 3 N–H and O–H groups in total. The van der Waals surface area contributed by atoms with Gasteiger partial charge in [0.1, 0.15) is 5.69 Å². The van der Waals surface area contributed by atoms with E-state index in [9.17, 15) is 4.79 Å².